The lowest BCUT2D eigenvalue weighted by molar-refractivity contribution is -0.0130. The van der Waals surface area contributed by atoms with E-state index in [1.807, 2.05) is 18.2 Å². The van der Waals surface area contributed by atoms with Gasteiger partial charge in [0.1, 0.15) is 0 Å². The fraction of sp³-hybridized carbons (Fsp3) is 0.600. The Kier molecular flexibility index (Phi) is 5.70. The van der Waals surface area contributed by atoms with Crippen LogP contribution in [0.3, 0.4) is 0 Å². The normalized spacial score (nSPS) is 12.7. The standard InChI is InChI=1S/C15H24O2S/c1-14(2,3)15(10-16,11-17)12-18-9-13-7-5-4-6-8-13/h4-8,16-17H,9-12H2,1-3H3. The minimum Gasteiger partial charge on any atom is -0.396 e. The van der Waals surface area contributed by atoms with E-state index in [1.54, 1.807) is 11.8 Å². The average molecular weight is 268 g/mol. The zero-order valence-corrected chi connectivity index (χ0v) is 12.3. The molecule has 0 saturated carbocycles. The van der Waals surface area contributed by atoms with Crippen LogP contribution in [0.15, 0.2) is 30.3 Å². The van der Waals surface area contributed by atoms with Crippen molar-refractivity contribution in [3.8, 4) is 0 Å². The maximum absolute atomic E-state index is 9.64. The van der Waals surface area contributed by atoms with Crippen LogP contribution in [0.5, 0.6) is 0 Å². The SMILES string of the molecule is CC(C)(C)C(CO)(CO)CSCc1ccccc1. The van der Waals surface area contributed by atoms with Crippen LogP contribution in [0.25, 0.3) is 0 Å². The van der Waals surface area contributed by atoms with E-state index in [-0.39, 0.29) is 18.6 Å². The Balaban J connectivity index is 2.59. The first-order valence-electron chi connectivity index (χ1n) is 6.28. The summed E-state index contributed by atoms with van der Waals surface area (Å²) in [5.41, 5.74) is 0.744. The van der Waals surface area contributed by atoms with Gasteiger partial charge in [-0.1, -0.05) is 51.1 Å². The second-order valence-electron chi connectivity index (χ2n) is 5.82. The zero-order valence-electron chi connectivity index (χ0n) is 11.5. The monoisotopic (exact) mass is 268 g/mol. The second-order valence-corrected chi connectivity index (χ2v) is 6.81. The molecule has 0 unspecified atom stereocenters. The Labute approximate surface area is 114 Å². The second kappa shape index (κ2) is 6.60. The summed E-state index contributed by atoms with van der Waals surface area (Å²) in [5, 5.41) is 19.3. The van der Waals surface area contributed by atoms with Crippen LogP contribution in [-0.2, 0) is 5.75 Å². The summed E-state index contributed by atoms with van der Waals surface area (Å²) in [6, 6.07) is 10.3. The smallest absolute Gasteiger partial charge is 0.0522 e. The Morgan fingerprint density at radius 1 is 1.00 bits per heavy atom. The van der Waals surface area contributed by atoms with Crippen LogP contribution >= 0.6 is 11.8 Å². The highest BCUT2D eigenvalue weighted by atomic mass is 32.2. The number of rotatable bonds is 6. The molecule has 0 radical (unpaired) electrons. The molecule has 1 rings (SSSR count). The van der Waals surface area contributed by atoms with E-state index in [4.69, 9.17) is 0 Å². The van der Waals surface area contributed by atoms with E-state index < -0.39 is 5.41 Å². The lowest BCUT2D eigenvalue weighted by atomic mass is 9.69. The Bertz CT molecular complexity index is 339. The van der Waals surface area contributed by atoms with Gasteiger partial charge in [0.25, 0.3) is 0 Å². The topological polar surface area (TPSA) is 40.5 Å². The van der Waals surface area contributed by atoms with E-state index in [1.165, 1.54) is 5.56 Å². The largest absolute Gasteiger partial charge is 0.396 e. The molecule has 1 aromatic carbocycles. The molecule has 18 heavy (non-hydrogen) atoms. The van der Waals surface area contributed by atoms with Crippen LogP contribution in [0.4, 0.5) is 0 Å². The van der Waals surface area contributed by atoms with Crippen molar-refractivity contribution in [2.75, 3.05) is 19.0 Å². The van der Waals surface area contributed by atoms with Crippen molar-refractivity contribution < 1.29 is 10.2 Å². The van der Waals surface area contributed by atoms with E-state index in [0.29, 0.717) is 0 Å². The highest BCUT2D eigenvalue weighted by molar-refractivity contribution is 7.98. The Morgan fingerprint density at radius 2 is 1.56 bits per heavy atom. The molecule has 0 bridgehead atoms. The van der Waals surface area contributed by atoms with Gasteiger partial charge in [-0.25, -0.2) is 0 Å². The quantitative estimate of drug-likeness (QED) is 0.833. The van der Waals surface area contributed by atoms with Crippen molar-refractivity contribution in [1.82, 2.24) is 0 Å². The van der Waals surface area contributed by atoms with Crippen molar-refractivity contribution in [2.24, 2.45) is 10.8 Å². The number of hydrogen-bond donors (Lipinski definition) is 2. The zero-order chi connectivity index (χ0) is 13.6. The van der Waals surface area contributed by atoms with E-state index in [9.17, 15) is 10.2 Å². The molecule has 0 aromatic heterocycles. The Hall–Kier alpha value is -0.510. The van der Waals surface area contributed by atoms with E-state index in [2.05, 4.69) is 32.9 Å². The van der Waals surface area contributed by atoms with Gasteiger partial charge >= 0.3 is 0 Å². The molecule has 0 spiro atoms. The molecule has 0 amide bonds. The van der Waals surface area contributed by atoms with Crippen LogP contribution in [0.2, 0.25) is 0 Å². The molecule has 0 fully saturated rings. The molecular weight excluding hydrogens is 244 g/mol. The minimum atomic E-state index is -0.424. The van der Waals surface area contributed by atoms with Crippen LogP contribution < -0.4 is 0 Å². The summed E-state index contributed by atoms with van der Waals surface area (Å²) in [7, 11) is 0. The molecule has 0 aliphatic carbocycles. The van der Waals surface area contributed by atoms with Crippen molar-refractivity contribution >= 4 is 11.8 Å². The molecule has 2 N–H and O–H groups in total. The van der Waals surface area contributed by atoms with Gasteiger partial charge in [-0.15, -0.1) is 0 Å². The van der Waals surface area contributed by atoms with Gasteiger partial charge in [0.2, 0.25) is 0 Å². The first kappa shape index (κ1) is 15.5. The summed E-state index contributed by atoms with van der Waals surface area (Å²) in [6.45, 7) is 6.26. The molecule has 0 heterocycles. The van der Waals surface area contributed by atoms with E-state index in [0.717, 1.165) is 11.5 Å². The summed E-state index contributed by atoms with van der Waals surface area (Å²) in [6.07, 6.45) is 0. The summed E-state index contributed by atoms with van der Waals surface area (Å²) in [4.78, 5) is 0. The Morgan fingerprint density at radius 3 is 2.00 bits per heavy atom. The van der Waals surface area contributed by atoms with Crippen molar-refractivity contribution in [3.63, 3.8) is 0 Å². The molecule has 102 valence electrons. The first-order chi connectivity index (χ1) is 8.45. The van der Waals surface area contributed by atoms with Gasteiger partial charge in [-0.05, 0) is 11.0 Å². The molecule has 2 nitrogen and oxygen atoms in total. The minimum absolute atomic E-state index is 0.0226. The van der Waals surface area contributed by atoms with Gasteiger partial charge < -0.3 is 10.2 Å². The average Bonchev–Trinajstić information content (AvgIpc) is 2.35. The van der Waals surface area contributed by atoms with Crippen LogP contribution in [-0.4, -0.2) is 29.2 Å². The predicted molar refractivity (Wildman–Crippen MR) is 78.7 cm³/mol. The highest BCUT2D eigenvalue weighted by Crippen LogP contribution is 2.41. The van der Waals surface area contributed by atoms with Crippen molar-refractivity contribution in [3.05, 3.63) is 35.9 Å². The fourth-order valence-electron chi connectivity index (χ4n) is 1.77. The lowest BCUT2D eigenvalue weighted by Crippen LogP contribution is -2.44. The maximum Gasteiger partial charge on any atom is 0.0522 e. The maximum atomic E-state index is 9.64. The summed E-state index contributed by atoms with van der Waals surface area (Å²) >= 11 is 1.77. The number of benzene rings is 1. The fourth-order valence-corrected chi connectivity index (χ4v) is 3.31. The van der Waals surface area contributed by atoms with Gasteiger partial charge in [-0.3, -0.25) is 0 Å². The number of aliphatic hydroxyl groups is 2. The highest BCUT2D eigenvalue weighted by Gasteiger charge is 2.40. The van der Waals surface area contributed by atoms with Crippen molar-refractivity contribution in [2.45, 2.75) is 26.5 Å². The lowest BCUT2D eigenvalue weighted by Gasteiger charge is -2.42. The summed E-state index contributed by atoms with van der Waals surface area (Å²) < 4.78 is 0. The summed E-state index contributed by atoms with van der Waals surface area (Å²) in [5.74, 6) is 1.68. The van der Waals surface area contributed by atoms with E-state index >= 15 is 0 Å². The van der Waals surface area contributed by atoms with Gasteiger partial charge in [0.15, 0.2) is 0 Å². The molecule has 3 heteroatoms. The number of thioether (sulfide) groups is 1. The van der Waals surface area contributed by atoms with Crippen LogP contribution in [0.1, 0.15) is 26.3 Å². The third-order valence-corrected chi connectivity index (χ3v) is 4.98. The molecule has 1 aromatic rings. The number of aliphatic hydroxyl groups excluding tert-OH is 2. The third-order valence-electron chi connectivity index (χ3n) is 3.69. The third kappa shape index (κ3) is 3.74. The molecule has 0 saturated heterocycles. The van der Waals surface area contributed by atoms with Crippen LogP contribution in [0, 0.1) is 10.8 Å². The number of hydrogen-bond acceptors (Lipinski definition) is 3. The van der Waals surface area contributed by atoms with Gasteiger partial charge in [0, 0.05) is 16.9 Å². The van der Waals surface area contributed by atoms with Crippen molar-refractivity contribution in [1.29, 1.82) is 0 Å². The molecular formula is C15H24O2S. The first-order valence-corrected chi connectivity index (χ1v) is 7.44. The molecule has 0 atom stereocenters. The molecule has 0 aliphatic rings. The van der Waals surface area contributed by atoms with Gasteiger partial charge in [-0.2, -0.15) is 11.8 Å². The predicted octanol–water partition coefficient (Wildman–Crippen LogP) is 2.94. The molecule has 0 aliphatic heterocycles. The van der Waals surface area contributed by atoms with Gasteiger partial charge in [0.05, 0.1) is 13.2 Å².